The third-order valence-corrected chi connectivity index (χ3v) is 3.16. The van der Waals surface area contributed by atoms with Gasteiger partial charge in [-0.05, 0) is 0 Å². The summed E-state index contributed by atoms with van der Waals surface area (Å²) in [4.78, 5) is 0. The van der Waals surface area contributed by atoms with Crippen LogP contribution in [-0.2, 0) is 0 Å². The minimum absolute atomic E-state index is 0.967. The normalized spacial score (nSPS) is 9.75. The topological polar surface area (TPSA) is 0 Å². The molecule has 0 amide bonds. The SMILES string of the molecule is CCCCC[Se]CC. The van der Waals surface area contributed by atoms with E-state index < -0.39 is 0 Å². The van der Waals surface area contributed by atoms with Crippen molar-refractivity contribution in [2.45, 2.75) is 43.7 Å². The van der Waals surface area contributed by atoms with E-state index in [0.717, 1.165) is 15.0 Å². The van der Waals surface area contributed by atoms with Crippen LogP contribution in [0.15, 0.2) is 0 Å². The Kier molecular flexibility index (Phi) is 8.01. The predicted octanol–water partition coefficient (Wildman–Crippen LogP) is 2.74. The van der Waals surface area contributed by atoms with Gasteiger partial charge in [0.15, 0.2) is 0 Å². The molecule has 1 heteroatoms. The zero-order chi connectivity index (χ0) is 6.24. The van der Waals surface area contributed by atoms with Crippen molar-refractivity contribution in [2.75, 3.05) is 0 Å². The van der Waals surface area contributed by atoms with Crippen LogP contribution >= 0.6 is 0 Å². The van der Waals surface area contributed by atoms with Gasteiger partial charge in [0.2, 0.25) is 0 Å². The molecule has 50 valence electrons. The molecule has 0 nitrogen and oxygen atoms in total. The van der Waals surface area contributed by atoms with E-state index >= 15 is 0 Å². The fraction of sp³-hybridized carbons (Fsp3) is 1.00. The molecule has 0 rings (SSSR count). The van der Waals surface area contributed by atoms with Crippen molar-refractivity contribution in [3.8, 4) is 0 Å². The summed E-state index contributed by atoms with van der Waals surface area (Å²) in [5.41, 5.74) is 0. The van der Waals surface area contributed by atoms with E-state index in [9.17, 15) is 0 Å². The predicted molar refractivity (Wildman–Crippen MR) is 40.6 cm³/mol. The third kappa shape index (κ3) is 6.52. The molecule has 0 aromatic rings. The van der Waals surface area contributed by atoms with Gasteiger partial charge >= 0.3 is 58.7 Å². The molecule has 0 aromatic heterocycles. The Morgan fingerprint density at radius 3 is 2.38 bits per heavy atom. The van der Waals surface area contributed by atoms with Gasteiger partial charge in [-0.3, -0.25) is 0 Å². The van der Waals surface area contributed by atoms with E-state index in [2.05, 4.69) is 13.8 Å². The summed E-state index contributed by atoms with van der Waals surface area (Å²) >= 11 is 0.967. The van der Waals surface area contributed by atoms with Gasteiger partial charge in [-0.2, -0.15) is 0 Å². The van der Waals surface area contributed by atoms with Gasteiger partial charge in [-0.1, -0.05) is 0 Å². The summed E-state index contributed by atoms with van der Waals surface area (Å²) in [6.45, 7) is 4.55. The van der Waals surface area contributed by atoms with Crippen LogP contribution in [0.3, 0.4) is 0 Å². The number of rotatable bonds is 5. The molecule has 0 fully saturated rings. The second-order valence-corrected chi connectivity index (χ2v) is 4.83. The molecule has 0 aliphatic heterocycles. The van der Waals surface area contributed by atoms with Crippen LogP contribution in [0.4, 0.5) is 0 Å². The molecule has 0 saturated carbocycles. The second kappa shape index (κ2) is 7.52. The maximum atomic E-state index is 2.28. The van der Waals surface area contributed by atoms with Gasteiger partial charge in [-0.15, -0.1) is 0 Å². The van der Waals surface area contributed by atoms with Crippen LogP contribution in [0.5, 0.6) is 0 Å². The van der Waals surface area contributed by atoms with Crippen molar-refractivity contribution in [1.82, 2.24) is 0 Å². The van der Waals surface area contributed by atoms with Crippen molar-refractivity contribution in [1.29, 1.82) is 0 Å². The molecule has 0 radical (unpaired) electrons. The summed E-state index contributed by atoms with van der Waals surface area (Å²) in [5.74, 6) is 0. The van der Waals surface area contributed by atoms with E-state index in [1.807, 2.05) is 0 Å². The van der Waals surface area contributed by atoms with Crippen molar-refractivity contribution >= 4 is 15.0 Å². The zero-order valence-electron chi connectivity index (χ0n) is 5.94. The molecular weight excluding hydrogens is 163 g/mol. The molecule has 0 aromatic carbocycles. The third-order valence-electron chi connectivity index (χ3n) is 1.10. The molecule has 0 heterocycles. The van der Waals surface area contributed by atoms with E-state index in [4.69, 9.17) is 0 Å². The maximum absolute atomic E-state index is 2.28. The molecule has 0 spiro atoms. The summed E-state index contributed by atoms with van der Waals surface area (Å²) in [6, 6.07) is 0. The molecule has 0 bridgehead atoms. The summed E-state index contributed by atoms with van der Waals surface area (Å²) < 4.78 is 0. The summed E-state index contributed by atoms with van der Waals surface area (Å²) in [6.07, 6.45) is 4.30. The van der Waals surface area contributed by atoms with Crippen LogP contribution in [-0.4, -0.2) is 15.0 Å². The van der Waals surface area contributed by atoms with Crippen molar-refractivity contribution in [2.24, 2.45) is 0 Å². The Hall–Kier alpha value is 0.519. The molecule has 0 N–H and O–H groups in total. The Balaban J connectivity index is 2.53. The molecule has 0 aliphatic carbocycles. The fourth-order valence-corrected chi connectivity index (χ4v) is 2.06. The molecular formula is C7H16Se. The van der Waals surface area contributed by atoms with E-state index in [1.54, 1.807) is 0 Å². The average molecular weight is 179 g/mol. The first-order chi connectivity index (χ1) is 3.91. The van der Waals surface area contributed by atoms with Gasteiger partial charge in [0.25, 0.3) is 0 Å². The molecule has 0 atom stereocenters. The zero-order valence-corrected chi connectivity index (χ0v) is 7.66. The van der Waals surface area contributed by atoms with Gasteiger partial charge in [0.1, 0.15) is 0 Å². The quantitative estimate of drug-likeness (QED) is 0.449. The average Bonchev–Trinajstić information content (AvgIpc) is 1.81. The van der Waals surface area contributed by atoms with Crippen LogP contribution in [0, 0.1) is 0 Å². The second-order valence-electron chi connectivity index (χ2n) is 1.90. The van der Waals surface area contributed by atoms with Gasteiger partial charge in [0.05, 0.1) is 0 Å². The van der Waals surface area contributed by atoms with Crippen LogP contribution < -0.4 is 0 Å². The molecule has 0 saturated heterocycles. The van der Waals surface area contributed by atoms with Crippen molar-refractivity contribution < 1.29 is 0 Å². The van der Waals surface area contributed by atoms with Crippen molar-refractivity contribution in [3.05, 3.63) is 0 Å². The molecule has 8 heavy (non-hydrogen) atoms. The first-order valence-corrected chi connectivity index (χ1v) is 5.91. The number of unbranched alkanes of at least 4 members (excludes halogenated alkanes) is 2. The first-order valence-electron chi connectivity index (χ1n) is 3.49. The molecule has 0 aliphatic rings. The number of hydrogen-bond acceptors (Lipinski definition) is 0. The van der Waals surface area contributed by atoms with E-state index in [0.29, 0.717) is 0 Å². The Labute approximate surface area is 59.2 Å². The Morgan fingerprint density at radius 2 is 1.88 bits per heavy atom. The number of hydrogen-bond donors (Lipinski definition) is 0. The first kappa shape index (κ1) is 8.52. The van der Waals surface area contributed by atoms with Crippen LogP contribution in [0.1, 0.15) is 33.1 Å². The Bertz CT molecular complexity index is 29.4. The van der Waals surface area contributed by atoms with Crippen molar-refractivity contribution in [3.63, 3.8) is 0 Å². The molecule has 0 unspecified atom stereocenters. The van der Waals surface area contributed by atoms with E-state index in [-0.39, 0.29) is 0 Å². The summed E-state index contributed by atoms with van der Waals surface area (Å²) in [7, 11) is 0. The van der Waals surface area contributed by atoms with Crippen LogP contribution in [0.25, 0.3) is 0 Å². The minimum atomic E-state index is 0.967. The van der Waals surface area contributed by atoms with E-state index in [1.165, 1.54) is 29.9 Å². The van der Waals surface area contributed by atoms with Gasteiger partial charge in [-0.25, -0.2) is 0 Å². The summed E-state index contributed by atoms with van der Waals surface area (Å²) in [5, 5.41) is 2.94. The monoisotopic (exact) mass is 180 g/mol. The van der Waals surface area contributed by atoms with Gasteiger partial charge in [0, 0.05) is 0 Å². The van der Waals surface area contributed by atoms with Crippen LogP contribution in [0.2, 0.25) is 10.6 Å². The standard InChI is InChI=1S/C7H16Se/c1-3-5-6-7-8-4-2/h3-7H2,1-2H3. The van der Waals surface area contributed by atoms with Gasteiger partial charge < -0.3 is 0 Å². The Morgan fingerprint density at radius 1 is 1.12 bits per heavy atom. The fourth-order valence-electron chi connectivity index (χ4n) is 0.598.